The lowest BCUT2D eigenvalue weighted by atomic mass is 10.0. The number of benzene rings is 1. The molecule has 4 amide bonds. The van der Waals surface area contributed by atoms with Gasteiger partial charge in [-0.3, -0.25) is 29.1 Å². The Morgan fingerprint density at radius 3 is 2.56 bits per heavy atom. The molecule has 9 heteroatoms. The lowest BCUT2D eigenvalue weighted by Gasteiger charge is -2.32. The fourth-order valence-corrected chi connectivity index (χ4v) is 4.42. The van der Waals surface area contributed by atoms with Crippen LogP contribution in [0.2, 0.25) is 0 Å². The summed E-state index contributed by atoms with van der Waals surface area (Å²) in [7, 11) is 0. The van der Waals surface area contributed by atoms with Crippen molar-refractivity contribution in [3.05, 3.63) is 63.9 Å². The Balaban J connectivity index is 1.20. The molecule has 0 saturated carbocycles. The zero-order chi connectivity index (χ0) is 22.7. The van der Waals surface area contributed by atoms with Crippen LogP contribution in [-0.2, 0) is 4.79 Å². The average molecular weight is 499 g/mol. The van der Waals surface area contributed by atoms with E-state index in [1.807, 2.05) is 0 Å². The van der Waals surface area contributed by atoms with Gasteiger partial charge < -0.3 is 10.2 Å². The average Bonchev–Trinajstić information content (AvgIpc) is 3.04. The fourth-order valence-electron chi connectivity index (χ4n) is 4.06. The second-order valence-electron chi connectivity index (χ2n) is 7.93. The molecule has 0 radical (unpaired) electrons. The highest BCUT2D eigenvalue weighted by Crippen LogP contribution is 2.26. The van der Waals surface area contributed by atoms with Crippen LogP contribution in [0.5, 0.6) is 0 Å². The van der Waals surface area contributed by atoms with Gasteiger partial charge in [0.2, 0.25) is 5.91 Å². The fraction of sp³-hybridized carbons (Fsp3) is 0.348. The molecule has 1 aromatic heterocycles. The number of likely N-dealkylation sites (tertiary alicyclic amines) is 1. The highest BCUT2D eigenvalue weighted by atomic mass is 79.9. The molecule has 0 unspecified atom stereocenters. The molecule has 0 bridgehead atoms. The first-order chi connectivity index (χ1) is 15.4. The maximum Gasteiger partial charge on any atom is 0.261 e. The van der Waals surface area contributed by atoms with Crippen molar-refractivity contribution in [3.63, 3.8) is 0 Å². The van der Waals surface area contributed by atoms with Gasteiger partial charge in [0.1, 0.15) is 0 Å². The molecule has 0 spiro atoms. The molecule has 166 valence electrons. The Morgan fingerprint density at radius 2 is 1.84 bits per heavy atom. The van der Waals surface area contributed by atoms with E-state index < -0.39 is 0 Å². The minimum atomic E-state index is -0.322. The smallest absolute Gasteiger partial charge is 0.261 e. The van der Waals surface area contributed by atoms with Gasteiger partial charge >= 0.3 is 0 Å². The predicted molar refractivity (Wildman–Crippen MR) is 120 cm³/mol. The number of rotatable bonds is 6. The Hall–Kier alpha value is -3.07. The van der Waals surface area contributed by atoms with Gasteiger partial charge in [0, 0.05) is 49.0 Å². The molecule has 1 N–H and O–H groups in total. The van der Waals surface area contributed by atoms with E-state index in [2.05, 4.69) is 26.2 Å². The third-order valence-corrected chi connectivity index (χ3v) is 6.27. The van der Waals surface area contributed by atoms with Crippen molar-refractivity contribution in [2.75, 3.05) is 19.6 Å². The van der Waals surface area contributed by atoms with Crippen LogP contribution in [0, 0.1) is 0 Å². The largest absolute Gasteiger partial charge is 0.353 e. The third-order valence-electron chi connectivity index (χ3n) is 5.77. The van der Waals surface area contributed by atoms with E-state index in [-0.39, 0.29) is 42.6 Å². The summed E-state index contributed by atoms with van der Waals surface area (Å²) in [6.07, 6.45) is 5.19. The Labute approximate surface area is 194 Å². The van der Waals surface area contributed by atoms with Crippen molar-refractivity contribution in [2.24, 2.45) is 0 Å². The molecule has 1 fully saturated rings. The molecule has 2 aliphatic heterocycles. The van der Waals surface area contributed by atoms with Crippen molar-refractivity contribution in [1.29, 1.82) is 0 Å². The van der Waals surface area contributed by atoms with Crippen molar-refractivity contribution < 1.29 is 19.2 Å². The highest BCUT2D eigenvalue weighted by Gasteiger charge is 2.35. The number of piperidine rings is 1. The van der Waals surface area contributed by atoms with Crippen LogP contribution in [0.15, 0.2) is 47.2 Å². The summed E-state index contributed by atoms with van der Waals surface area (Å²) in [6.45, 7) is 1.35. The number of imide groups is 1. The number of halogens is 1. The molecule has 4 rings (SSSR count). The number of hydrogen-bond acceptors (Lipinski definition) is 5. The number of nitrogens with one attached hydrogen (secondary N) is 1. The molecule has 2 aliphatic rings. The summed E-state index contributed by atoms with van der Waals surface area (Å²) in [4.78, 5) is 56.7. The molecular weight excluding hydrogens is 476 g/mol. The molecule has 1 aromatic carbocycles. The second-order valence-corrected chi connectivity index (χ2v) is 8.85. The van der Waals surface area contributed by atoms with E-state index in [4.69, 9.17) is 0 Å². The van der Waals surface area contributed by atoms with Crippen LogP contribution in [0.4, 0.5) is 0 Å². The van der Waals surface area contributed by atoms with Crippen molar-refractivity contribution in [3.8, 4) is 0 Å². The Kier molecular flexibility index (Phi) is 6.64. The monoisotopic (exact) mass is 498 g/mol. The number of aromatic nitrogens is 1. The van der Waals surface area contributed by atoms with Crippen LogP contribution in [0.3, 0.4) is 0 Å². The summed E-state index contributed by atoms with van der Waals surface area (Å²) in [5, 5.41) is 3.01. The molecule has 32 heavy (non-hydrogen) atoms. The van der Waals surface area contributed by atoms with Crippen LogP contribution in [-0.4, -0.2) is 64.1 Å². The lowest BCUT2D eigenvalue weighted by Crippen LogP contribution is -2.46. The molecule has 3 heterocycles. The van der Waals surface area contributed by atoms with E-state index >= 15 is 0 Å². The Morgan fingerprint density at radius 1 is 1.09 bits per heavy atom. The maximum absolute atomic E-state index is 12.5. The van der Waals surface area contributed by atoms with Crippen LogP contribution >= 0.6 is 15.9 Å². The van der Waals surface area contributed by atoms with Crippen LogP contribution < -0.4 is 5.32 Å². The minimum absolute atomic E-state index is 0.0112. The number of amides is 4. The number of carbonyl (C=O) groups is 4. The first kappa shape index (κ1) is 22.1. The number of pyridine rings is 1. The van der Waals surface area contributed by atoms with E-state index in [1.54, 1.807) is 47.6 Å². The zero-order valence-electron chi connectivity index (χ0n) is 17.4. The molecular formula is C23H23BrN4O4. The molecule has 8 nitrogen and oxygen atoms in total. The summed E-state index contributed by atoms with van der Waals surface area (Å²) < 4.78 is 0.742. The number of fused-ring (bicyclic) bond motifs is 1. The van der Waals surface area contributed by atoms with Crippen molar-refractivity contribution >= 4 is 39.6 Å². The van der Waals surface area contributed by atoms with E-state index in [0.29, 0.717) is 49.0 Å². The lowest BCUT2D eigenvalue weighted by molar-refractivity contribution is -0.122. The second kappa shape index (κ2) is 9.60. The summed E-state index contributed by atoms with van der Waals surface area (Å²) in [5.74, 6) is -0.793. The van der Waals surface area contributed by atoms with Gasteiger partial charge in [-0.2, -0.15) is 0 Å². The number of hydrogen-bond donors (Lipinski definition) is 1. The quantitative estimate of drug-likeness (QED) is 0.617. The first-order valence-corrected chi connectivity index (χ1v) is 11.4. The first-order valence-electron chi connectivity index (χ1n) is 10.6. The Bertz CT molecular complexity index is 1050. The van der Waals surface area contributed by atoms with Gasteiger partial charge in [-0.25, -0.2) is 0 Å². The van der Waals surface area contributed by atoms with Crippen molar-refractivity contribution in [2.45, 2.75) is 31.7 Å². The summed E-state index contributed by atoms with van der Waals surface area (Å²) >= 11 is 3.32. The predicted octanol–water partition coefficient (Wildman–Crippen LogP) is 2.64. The highest BCUT2D eigenvalue weighted by molar-refractivity contribution is 9.10. The molecule has 0 aliphatic carbocycles. The maximum atomic E-state index is 12.5. The molecule has 2 aromatic rings. The van der Waals surface area contributed by atoms with Gasteiger partial charge in [0.25, 0.3) is 17.7 Å². The van der Waals surface area contributed by atoms with E-state index in [1.165, 1.54) is 4.90 Å². The van der Waals surface area contributed by atoms with Crippen LogP contribution in [0.1, 0.15) is 56.8 Å². The normalized spacial score (nSPS) is 16.3. The summed E-state index contributed by atoms with van der Waals surface area (Å²) in [5.41, 5.74) is 1.35. The summed E-state index contributed by atoms with van der Waals surface area (Å²) in [6, 6.07) is 8.51. The minimum Gasteiger partial charge on any atom is -0.353 e. The topological polar surface area (TPSA) is 99.7 Å². The zero-order valence-corrected chi connectivity index (χ0v) is 19.0. The SMILES string of the molecule is O=C(CCCN1C(=O)c2ccc(Br)cc2C1=O)NC1CCN(C(=O)c2cccnc2)CC1. The van der Waals surface area contributed by atoms with Crippen molar-refractivity contribution in [1.82, 2.24) is 20.1 Å². The van der Waals surface area contributed by atoms with Crippen LogP contribution in [0.25, 0.3) is 0 Å². The molecule has 1 saturated heterocycles. The van der Waals surface area contributed by atoms with E-state index in [0.717, 1.165) is 4.47 Å². The van der Waals surface area contributed by atoms with Gasteiger partial charge in [0.15, 0.2) is 0 Å². The third kappa shape index (κ3) is 4.72. The molecule has 0 atom stereocenters. The van der Waals surface area contributed by atoms with Gasteiger partial charge in [-0.05, 0) is 49.6 Å². The van der Waals surface area contributed by atoms with Gasteiger partial charge in [-0.1, -0.05) is 15.9 Å². The van der Waals surface area contributed by atoms with Gasteiger partial charge in [0.05, 0.1) is 16.7 Å². The number of nitrogens with zero attached hydrogens (tertiary/aromatic N) is 3. The van der Waals surface area contributed by atoms with E-state index in [9.17, 15) is 19.2 Å². The van der Waals surface area contributed by atoms with Gasteiger partial charge in [-0.15, -0.1) is 0 Å². The number of carbonyl (C=O) groups excluding carboxylic acids is 4. The standard InChI is InChI=1S/C23H23BrN4O4/c24-16-5-6-18-19(13-16)23(32)28(22(18)31)10-2-4-20(29)26-17-7-11-27(12-8-17)21(30)15-3-1-9-25-14-15/h1,3,5-6,9,13-14,17H,2,4,7-8,10-12H2,(H,26,29).